The van der Waals surface area contributed by atoms with Crippen molar-refractivity contribution in [1.82, 2.24) is 0 Å². The number of ether oxygens (including phenoxy) is 2. The Kier molecular flexibility index (Phi) is 32.9. The summed E-state index contributed by atoms with van der Waals surface area (Å²) < 4.78 is 10.3. The summed E-state index contributed by atoms with van der Waals surface area (Å²) in [5.74, 6) is 0.326. The van der Waals surface area contributed by atoms with Crippen LogP contribution in [0.25, 0.3) is 0 Å². The van der Waals surface area contributed by atoms with Crippen molar-refractivity contribution in [3.05, 3.63) is 0 Å². The van der Waals surface area contributed by atoms with Crippen LogP contribution in [0.3, 0.4) is 0 Å². The Bertz CT molecular complexity index is 593. The summed E-state index contributed by atoms with van der Waals surface area (Å²) in [6.07, 6.45) is 34.3. The molecule has 0 aromatic heterocycles. The van der Waals surface area contributed by atoms with Gasteiger partial charge >= 0.3 is 11.9 Å². The van der Waals surface area contributed by atoms with Crippen LogP contribution in [0, 0.1) is 5.92 Å². The maximum absolute atomic E-state index is 11.9. The van der Waals surface area contributed by atoms with E-state index in [1.54, 1.807) is 0 Å². The average Bonchev–Trinajstić information content (AvgIpc) is 3.01. The third-order valence-electron chi connectivity index (χ3n) is 8.88. The highest BCUT2D eigenvalue weighted by Gasteiger charge is 2.12. The fourth-order valence-electron chi connectivity index (χ4n) is 5.59. The van der Waals surface area contributed by atoms with Crippen molar-refractivity contribution in [2.75, 3.05) is 13.2 Å². The molecule has 0 aromatic carbocycles. The van der Waals surface area contributed by atoms with Crippen LogP contribution in [0.15, 0.2) is 0 Å². The van der Waals surface area contributed by atoms with Crippen LogP contribution in [0.2, 0.25) is 0 Å². The highest BCUT2D eigenvalue weighted by Crippen LogP contribution is 2.16. The Labute approximate surface area is 268 Å². The molecule has 2 atom stereocenters. The van der Waals surface area contributed by atoms with Crippen LogP contribution in [0.4, 0.5) is 0 Å². The number of esters is 2. The minimum Gasteiger partial charge on any atom is -0.463 e. The standard InChI is InChI=1S/C38H74O5/c1-4-6-7-8-9-10-11-12-13-14-15-19-22-25-28-31-37(40)42-33-36(39)34-43-38(41)32-29-26-23-20-17-16-18-21-24-27-30-35(3)5-2/h35-36,39H,4-34H2,1-3H3/t35?,36-/m0/s1. The van der Waals surface area contributed by atoms with E-state index in [1.807, 2.05) is 0 Å². The van der Waals surface area contributed by atoms with Crippen molar-refractivity contribution in [3.63, 3.8) is 0 Å². The SMILES string of the molecule is CCCCCCCCCCCCCCCCCC(=O)OC[C@H](O)COC(=O)CCCCCCCCCCCCC(C)CC. The maximum atomic E-state index is 11.9. The molecular formula is C38H74O5. The molecule has 43 heavy (non-hydrogen) atoms. The zero-order chi connectivity index (χ0) is 31.6. The van der Waals surface area contributed by atoms with Crippen LogP contribution >= 0.6 is 0 Å². The number of hydrogen-bond acceptors (Lipinski definition) is 5. The lowest BCUT2D eigenvalue weighted by Crippen LogP contribution is -2.25. The van der Waals surface area contributed by atoms with Gasteiger partial charge in [-0.15, -0.1) is 0 Å². The number of aliphatic hydroxyl groups excluding tert-OH is 1. The number of hydrogen-bond donors (Lipinski definition) is 1. The van der Waals surface area contributed by atoms with E-state index in [4.69, 9.17) is 9.47 Å². The highest BCUT2D eigenvalue weighted by molar-refractivity contribution is 5.69. The van der Waals surface area contributed by atoms with Gasteiger partial charge in [-0.05, 0) is 18.8 Å². The van der Waals surface area contributed by atoms with Gasteiger partial charge in [-0.25, -0.2) is 0 Å². The summed E-state index contributed by atoms with van der Waals surface area (Å²) in [5.41, 5.74) is 0. The summed E-state index contributed by atoms with van der Waals surface area (Å²) in [5, 5.41) is 9.99. The second kappa shape index (κ2) is 33.8. The van der Waals surface area contributed by atoms with Gasteiger partial charge in [0.15, 0.2) is 0 Å². The first-order valence-corrected chi connectivity index (χ1v) is 19.0. The van der Waals surface area contributed by atoms with E-state index in [0.29, 0.717) is 12.8 Å². The second-order valence-corrected chi connectivity index (χ2v) is 13.3. The molecule has 0 aliphatic heterocycles. The predicted octanol–water partition coefficient (Wildman–Crippen LogP) is 11.4. The molecule has 0 saturated heterocycles. The lowest BCUT2D eigenvalue weighted by Gasteiger charge is -2.12. The molecule has 5 heteroatoms. The lowest BCUT2D eigenvalue weighted by molar-refractivity contribution is -0.152. The first-order valence-electron chi connectivity index (χ1n) is 19.0. The van der Waals surface area contributed by atoms with Crippen molar-refractivity contribution in [2.24, 2.45) is 5.92 Å². The summed E-state index contributed by atoms with van der Waals surface area (Å²) in [6, 6.07) is 0. The minimum absolute atomic E-state index is 0.108. The first kappa shape index (κ1) is 41.9. The minimum atomic E-state index is -0.955. The topological polar surface area (TPSA) is 72.8 Å². The molecule has 1 N–H and O–H groups in total. The maximum Gasteiger partial charge on any atom is 0.305 e. The molecule has 0 bridgehead atoms. The third kappa shape index (κ3) is 33.6. The fraction of sp³-hybridized carbons (Fsp3) is 0.947. The van der Waals surface area contributed by atoms with Gasteiger partial charge in [0.25, 0.3) is 0 Å². The number of aliphatic hydroxyl groups is 1. The molecule has 1 unspecified atom stereocenters. The van der Waals surface area contributed by atoms with Gasteiger partial charge in [-0.2, -0.15) is 0 Å². The smallest absolute Gasteiger partial charge is 0.305 e. The monoisotopic (exact) mass is 611 g/mol. The normalized spacial score (nSPS) is 12.7. The van der Waals surface area contributed by atoms with Crippen molar-refractivity contribution in [1.29, 1.82) is 0 Å². The Morgan fingerprint density at radius 2 is 0.791 bits per heavy atom. The van der Waals surface area contributed by atoms with Gasteiger partial charge in [-0.1, -0.05) is 181 Å². The van der Waals surface area contributed by atoms with E-state index in [0.717, 1.165) is 31.6 Å². The quantitative estimate of drug-likeness (QED) is 0.0579. The van der Waals surface area contributed by atoms with Gasteiger partial charge in [0.2, 0.25) is 0 Å². The summed E-state index contributed by atoms with van der Waals surface area (Å²) in [4.78, 5) is 23.9. The molecule has 256 valence electrons. The summed E-state index contributed by atoms with van der Waals surface area (Å²) >= 11 is 0. The Morgan fingerprint density at radius 3 is 1.12 bits per heavy atom. The lowest BCUT2D eigenvalue weighted by atomic mass is 9.99. The average molecular weight is 611 g/mol. The molecule has 0 saturated carbocycles. The number of rotatable bonds is 34. The molecule has 0 spiro atoms. The highest BCUT2D eigenvalue weighted by atomic mass is 16.6. The zero-order valence-electron chi connectivity index (χ0n) is 29.2. The van der Waals surface area contributed by atoms with E-state index < -0.39 is 6.10 Å². The number of unbranched alkanes of at least 4 members (excludes halogenated alkanes) is 23. The summed E-state index contributed by atoms with van der Waals surface area (Å²) in [7, 11) is 0. The Balaban J connectivity index is 3.40. The predicted molar refractivity (Wildman–Crippen MR) is 182 cm³/mol. The Hall–Kier alpha value is -1.10. The molecule has 0 aliphatic rings. The van der Waals surface area contributed by atoms with Crippen LogP contribution in [-0.4, -0.2) is 36.4 Å². The molecule has 0 radical (unpaired) electrons. The fourth-order valence-corrected chi connectivity index (χ4v) is 5.59. The molecule has 0 aliphatic carbocycles. The van der Waals surface area contributed by atoms with Gasteiger partial charge < -0.3 is 14.6 Å². The van der Waals surface area contributed by atoms with E-state index in [2.05, 4.69) is 20.8 Å². The zero-order valence-corrected chi connectivity index (χ0v) is 29.2. The summed E-state index contributed by atoms with van der Waals surface area (Å²) in [6.45, 7) is 6.68. The molecule has 0 aromatic rings. The number of carbonyl (C=O) groups excluding carboxylic acids is 2. The molecule has 0 amide bonds. The molecule has 0 fully saturated rings. The second-order valence-electron chi connectivity index (χ2n) is 13.3. The van der Waals surface area contributed by atoms with Crippen LogP contribution in [-0.2, 0) is 19.1 Å². The van der Waals surface area contributed by atoms with E-state index in [1.165, 1.54) is 148 Å². The van der Waals surface area contributed by atoms with Gasteiger partial charge in [0.1, 0.15) is 19.3 Å². The first-order chi connectivity index (χ1) is 21.0. The van der Waals surface area contributed by atoms with Gasteiger partial charge in [-0.3, -0.25) is 9.59 Å². The largest absolute Gasteiger partial charge is 0.463 e. The Morgan fingerprint density at radius 1 is 0.488 bits per heavy atom. The molecule has 0 heterocycles. The van der Waals surface area contributed by atoms with Crippen molar-refractivity contribution in [3.8, 4) is 0 Å². The van der Waals surface area contributed by atoms with Crippen LogP contribution in [0.1, 0.15) is 207 Å². The van der Waals surface area contributed by atoms with Gasteiger partial charge in [0.05, 0.1) is 0 Å². The van der Waals surface area contributed by atoms with Crippen molar-refractivity contribution >= 4 is 11.9 Å². The third-order valence-corrected chi connectivity index (χ3v) is 8.88. The molecule has 0 rings (SSSR count). The number of carbonyl (C=O) groups is 2. The van der Waals surface area contributed by atoms with E-state index in [9.17, 15) is 14.7 Å². The van der Waals surface area contributed by atoms with E-state index in [-0.39, 0.29) is 25.2 Å². The van der Waals surface area contributed by atoms with Crippen LogP contribution in [0.5, 0.6) is 0 Å². The molecular weight excluding hydrogens is 536 g/mol. The van der Waals surface area contributed by atoms with Crippen molar-refractivity contribution in [2.45, 2.75) is 213 Å². The van der Waals surface area contributed by atoms with E-state index >= 15 is 0 Å². The molecule has 5 nitrogen and oxygen atoms in total. The van der Waals surface area contributed by atoms with Gasteiger partial charge in [0, 0.05) is 12.8 Å². The van der Waals surface area contributed by atoms with Crippen LogP contribution < -0.4 is 0 Å². The van der Waals surface area contributed by atoms with Crippen molar-refractivity contribution < 1.29 is 24.2 Å².